The van der Waals surface area contributed by atoms with Gasteiger partial charge < -0.3 is 14.8 Å². The van der Waals surface area contributed by atoms with Crippen LogP contribution in [0.5, 0.6) is 0 Å². The summed E-state index contributed by atoms with van der Waals surface area (Å²) in [4.78, 5) is 15.6. The highest BCUT2D eigenvalue weighted by atomic mass is 16.5. The molecular weight excluding hydrogens is 268 g/mol. The number of nitrogens with zero attached hydrogens (tertiary/aromatic N) is 1. The van der Waals surface area contributed by atoms with Gasteiger partial charge >= 0.3 is 5.97 Å². The zero-order chi connectivity index (χ0) is 15.1. The molecule has 0 amide bonds. The molecule has 1 saturated carbocycles. The first-order valence-corrected chi connectivity index (χ1v) is 7.61. The molecule has 1 N–H and O–H groups in total. The van der Waals surface area contributed by atoms with Gasteiger partial charge in [-0.3, -0.25) is 4.98 Å². The van der Waals surface area contributed by atoms with Crippen LogP contribution in [-0.2, 0) is 16.1 Å². The van der Waals surface area contributed by atoms with Gasteiger partial charge in [0, 0.05) is 12.2 Å². The maximum absolute atomic E-state index is 11.3. The summed E-state index contributed by atoms with van der Waals surface area (Å²) < 4.78 is 10.6. The van der Waals surface area contributed by atoms with Crippen molar-refractivity contribution in [2.24, 2.45) is 0 Å². The Morgan fingerprint density at radius 1 is 1.33 bits per heavy atom. The fraction of sp³-hybridized carbons (Fsp3) is 0.625. The van der Waals surface area contributed by atoms with Crippen LogP contribution in [0.1, 0.15) is 48.7 Å². The smallest absolute Gasteiger partial charge is 0.339 e. The highest BCUT2D eigenvalue weighted by Crippen LogP contribution is 2.22. The van der Waals surface area contributed by atoms with Gasteiger partial charge in [-0.05, 0) is 44.4 Å². The van der Waals surface area contributed by atoms with Crippen LogP contribution < -0.4 is 5.32 Å². The van der Waals surface area contributed by atoms with Crippen molar-refractivity contribution in [1.29, 1.82) is 0 Å². The van der Waals surface area contributed by atoms with E-state index in [1.165, 1.54) is 26.1 Å². The van der Waals surface area contributed by atoms with E-state index in [0.29, 0.717) is 24.3 Å². The molecule has 1 aromatic rings. The Labute approximate surface area is 126 Å². The van der Waals surface area contributed by atoms with Crippen molar-refractivity contribution in [1.82, 2.24) is 10.3 Å². The van der Waals surface area contributed by atoms with E-state index in [1.54, 1.807) is 6.07 Å². The van der Waals surface area contributed by atoms with E-state index >= 15 is 0 Å². The van der Waals surface area contributed by atoms with Crippen LogP contribution in [0, 0.1) is 0 Å². The number of hydrogen-bond donors (Lipinski definition) is 1. The molecule has 1 heterocycles. The lowest BCUT2D eigenvalue weighted by molar-refractivity contribution is 0.00990. The third kappa shape index (κ3) is 4.79. The van der Waals surface area contributed by atoms with Gasteiger partial charge in [0.05, 0.1) is 31.1 Å². The summed E-state index contributed by atoms with van der Waals surface area (Å²) in [5.74, 6) is -0.364. The van der Waals surface area contributed by atoms with Crippen LogP contribution >= 0.6 is 0 Å². The average molecular weight is 292 g/mol. The Balaban J connectivity index is 1.75. The summed E-state index contributed by atoms with van der Waals surface area (Å²) in [5.41, 5.74) is 1.31. The normalized spacial score (nSPS) is 22.0. The molecule has 0 unspecified atom stereocenters. The fourth-order valence-electron chi connectivity index (χ4n) is 2.67. The van der Waals surface area contributed by atoms with Gasteiger partial charge in [-0.2, -0.15) is 0 Å². The van der Waals surface area contributed by atoms with Crippen molar-refractivity contribution in [2.75, 3.05) is 13.7 Å². The number of esters is 1. The lowest BCUT2D eigenvalue weighted by Crippen LogP contribution is -2.35. The van der Waals surface area contributed by atoms with Gasteiger partial charge in [-0.1, -0.05) is 6.92 Å². The molecule has 0 aromatic carbocycles. The fourth-order valence-corrected chi connectivity index (χ4v) is 2.67. The first-order valence-electron chi connectivity index (χ1n) is 7.61. The van der Waals surface area contributed by atoms with E-state index in [-0.39, 0.29) is 5.97 Å². The third-order valence-electron chi connectivity index (χ3n) is 3.88. The minimum atomic E-state index is -0.364. The largest absolute Gasteiger partial charge is 0.465 e. The molecule has 0 spiro atoms. The monoisotopic (exact) mass is 292 g/mol. The van der Waals surface area contributed by atoms with E-state index in [2.05, 4.69) is 22.0 Å². The Hall–Kier alpha value is -1.46. The van der Waals surface area contributed by atoms with Crippen LogP contribution in [0.25, 0.3) is 0 Å². The number of carbonyl (C=O) groups excluding carboxylic acids is 1. The molecule has 0 bridgehead atoms. The number of pyridine rings is 1. The van der Waals surface area contributed by atoms with Crippen molar-refractivity contribution in [3.05, 3.63) is 29.6 Å². The average Bonchev–Trinajstić information content (AvgIpc) is 2.54. The van der Waals surface area contributed by atoms with Crippen molar-refractivity contribution in [3.63, 3.8) is 0 Å². The molecular formula is C16H24N2O3. The molecule has 2 rings (SSSR count). The number of methoxy groups -OCH3 is 1. The summed E-state index contributed by atoms with van der Waals surface area (Å²) in [7, 11) is 1.36. The highest BCUT2D eigenvalue weighted by molar-refractivity contribution is 5.88. The quantitative estimate of drug-likeness (QED) is 0.815. The molecule has 1 aliphatic carbocycles. The molecule has 0 aliphatic heterocycles. The summed E-state index contributed by atoms with van der Waals surface area (Å²) in [5, 5.41) is 3.49. The maximum Gasteiger partial charge on any atom is 0.339 e. The van der Waals surface area contributed by atoms with Gasteiger partial charge in [0.25, 0.3) is 0 Å². The molecule has 21 heavy (non-hydrogen) atoms. The van der Waals surface area contributed by atoms with Crippen LogP contribution in [0.2, 0.25) is 0 Å². The standard InChI is InChI=1S/C16H24N2O3/c1-3-17-13-6-8-15(9-7-13)21-11-14-5-4-12(10-18-14)16(19)20-2/h4-5,10,13,15,17H,3,6-9,11H2,1-2H3. The Morgan fingerprint density at radius 3 is 2.67 bits per heavy atom. The first kappa shape index (κ1) is 15.9. The Morgan fingerprint density at radius 2 is 2.10 bits per heavy atom. The van der Waals surface area contributed by atoms with Crippen LogP contribution in [-0.4, -0.2) is 36.8 Å². The van der Waals surface area contributed by atoms with E-state index in [4.69, 9.17) is 4.74 Å². The maximum atomic E-state index is 11.3. The SMILES string of the molecule is CCNC1CCC(OCc2ccc(C(=O)OC)cn2)CC1. The number of hydrogen-bond acceptors (Lipinski definition) is 5. The molecule has 0 atom stereocenters. The van der Waals surface area contributed by atoms with E-state index in [0.717, 1.165) is 25.1 Å². The minimum absolute atomic E-state index is 0.321. The number of nitrogens with one attached hydrogen (secondary N) is 1. The van der Waals surface area contributed by atoms with Gasteiger partial charge in [-0.15, -0.1) is 0 Å². The molecule has 0 saturated heterocycles. The summed E-state index contributed by atoms with van der Waals surface area (Å²) in [6, 6.07) is 4.18. The lowest BCUT2D eigenvalue weighted by Gasteiger charge is -2.28. The summed E-state index contributed by atoms with van der Waals surface area (Å²) >= 11 is 0. The number of aromatic nitrogens is 1. The topological polar surface area (TPSA) is 60.5 Å². The summed E-state index contributed by atoms with van der Waals surface area (Å²) in [6.45, 7) is 3.68. The van der Waals surface area contributed by atoms with Gasteiger partial charge in [0.2, 0.25) is 0 Å². The molecule has 5 nitrogen and oxygen atoms in total. The minimum Gasteiger partial charge on any atom is -0.465 e. The predicted molar refractivity (Wildman–Crippen MR) is 80.1 cm³/mol. The number of carbonyl (C=O) groups is 1. The predicted octanol–water partition coefficient (Wildman–Crippen LogP) is 2.31. The molecule has 0 radical (unpaired) electrons. The summed E-state index contributed by atoms with van der Waals surface area (Å²) in [6.07, 6.45) is 6.39. The molecule has 1 aliphatic rings. The molecule has 116 valence electrons. The molecule has 5 heteroatoms. The van der Waals surface area contributed by atoms with Crippen molar-refractivity contribution >= 4 is 5.97 Å². The number of ether oxygens (including phenoxy) is 2. The Bertz CT molecular complexity index is 439. The Kier molecular flexibility index (Phi) is 6.14. The zero-order valence-corrected chi connectivity index (χ0v) is 12.8. The third-order valence-corrected chi connectivity index (χ3v) is 3.88. The van der Waals surface area contributed by atoms with Crippen LogP contribution in [0.3, 0.4) is 0 Å². The van der Waals surface area contributed by atoms with Crippen LogP contribution in [0.15, 0.2) is 18.3 Å². The molecule has 1 fully saturated rings. The van der Waals surface area contributed by atoms with Crippen LogP contribution in [0.4, 0.5) is 0 Å². The second-order valence-corrected chi connectivity index (χ2v) is 5.37. The first-order chi connectivity index (χ1) is 10.2. The van der Waals surface area contributed by atoms with E-state index < -0.39 is 0 Å². The van der Waals surface area contributed by atoms with Gasteiger partial charge in [0.15, 0.2) is 0 Å². The van der Waals surface area contributed by atoms with Gasteiger partial charge in [0.1, 0.15) is 0 Å². The van der Waals surface area contributed by atoms with E-state index in [9.17, 15) is 4.79 Å². The van der Waals surface area contributed by atoms with Crippen molar-refractivity contribution in [3.8, 4) is 0 Å². The van der Waals surface area contributed by atoms with Crippen molar-refractivity contribution < 1.29 is 14.3 Å². The van der Waals surface area contributed by atoms with Crippen molar-refractivity contribution in [2.45, 2.75) is 51.4 Å². The van der Waals surface area contributed by atoms with E-state index in [1.807, 2.05) is 6.07 Å². The number of rotatable bonds is 6. The lowest BCUT2D eigenvalue weighted by atomic mass is 9.93. The van der Waals surface area contributed by atoms with Gasteiger partial charge in [-0.25, -0.2) is 4.79 Å². The highest BCUT2D eigenvalue weighted by Gasteiger charge is 2.20. The zero-order valence-electron chi connectivity index (χ0n) is 12.8. The second kappa shape index (κ2) is 8.10. The second-order valence-electron chi connectivity index (χ2n) is 5.37. The molecule has 1 aromatic heterocycles.